The second-order valence-corrected chi connectivity index (χ2v) is 8.80. The number of aliphatic hydroxyl groups excluding tert-OH is 1. The van der Waals surface area contributed by atoms with E-state index < -0.39 is 18.2 Å². The Morgan fingerprint density at radius 2 is 1.90 bits per heavy atom. The van der Waals surface area contributed by atoms with Crippen molar-refractivity contribution in [2.24, 2.45) is 0 Å². The molecule has 1 aliphatic rings. The SMILES string of the molecule is CCCCCC(O)c1ccc(N2C(=O)NC(=O)C2CCCc2ccc(C=O)s2)cc1. The number of unbranched alkanes of at least 4 members (excludes halogenated alkanes) is 2. The molecule has 3 rings (SSSR count). The number of hydrogen-bond acceptors (Lipinski definition) is 5. The van der Waals surface area contributed by atoms with E-state index in [-0.39, 0.29) is 5.91 Å². The van der Waals surface area contributed by atoms with Crippen molar-refractivity contribution in [3.05, 3.63) is 51.7 Å². The Balaban J connectivity index is 1.62. The highest BCUT2D eigenvalue weighted by Gasteiger charge is 2.38. The van der Waals surface area contributed by atoms with Gasteiger partial charge in [0.05, 0.1) is 11.0 Å². The van der Waals surface area contributed by atoms with Gasteiger partial charge >= 0.3 is 6.03 Å². The Hall–Kier alpha value is -2.51. The number of rotatable bonds is 11. The summed E-state index contributed by atoms with van der Waals surface area (Å²) in [5.74, 6) is -0.288. The highest BCUT2D eigenvalue weighted by atomic mass is 32.1. The average Bonchev–Trinajstić information content (AvgIpc) is 3.32. The number of nitrogens with one attached hydrogen (secondary N) is 1. The van der Waals surface area contributed by atoms with Crippen LogP contribution in [0.15, 0.2) is 36.4 Å². The van der Waals surface area contributed by atoms with Gasteiger partial charge in [-0.05, 0) is 55.5 Å². The normalized spacial score (nSPS) is 17.3. The Morgan fingerprint density at radius 3 is 2.57 bits per heavy atom. The van der Waals surface area contributed by atoms with E-state index >= 15 is 0 Å². The summed E-state index contributed by atoms with van der Waals surface area (Å²) in [7, 11) is 0. The first-order valence-corrected chi connectivity index (χ1v) is 11.3. The molecule has 1 aromatic carbocycles. The van der Waals surface area contributed by atoms with Crippen LogP contribution in [0.5, 0.6) is 0 Å². The van der Waals surface area contributed by atoms with Gasteiger partial charge in [-0.3, -0.25) is 19.8 Å². The van der Waals surface area contributed by atoms with Crippen LogP contribution in [-0.2, 0) is 11.2 Å². The fraction of sp³-hybridized carbons (Fsp3) is 0.435. The van der Waals surface area contributed by atoms with Crippen LogP contribution in [0.1, 0.15) is 71.7 Å². The fourth-order valence-electron chi connectivity index (χ4n) is 3.74. The molecule has 6 nitrogen and oxygen atoms in total. The molecule has 3 amide bonds. The Kier molecular flexibility index (Phi) is 7.76. The first kappa shape index (κ1) is 22.2. The maximum atomic E-state index is 12.4. The number of benzene rings is 1. The van der Waals surface area contributed by atoms with E-state index in [4.69, 9.17) is 0 Å². The number of anilines is 1. The fourth-order valence-corrected chi connectivity index (χ4v) is 4.61. The third-order valence-corrected chi connectivity index (χ3v) is 6.47. The van der Waals surface area contributed by atoms with Gasteiger partial charge in [-0.2, -0.15) is 0 Å². The van der Waals surface area contributed by atoms with Crippen LogP contribution >= 0.6 is 11.3 Å². The van der Waals surface area contributed by atoms with Gasteiger partial charge in [0, 0.05) is 10.6 Å². The van der Waals surface area contributed by atoms with Crippen LogP contribution in [0.2, 0.25) is 0 Å². The van der Waals surface area contributed by atoms with Crippen LogP contribution in [0.25, 0.3) is 0 Å². The molecule has 2 N–H and O–H groups in total. The van der Waals surface area contributed by atoms with E-state index in [1.54, 1.807) is 18.2 Å². The maximum absolute atomic E-state index is 12.4. The second-order valence-electron chi connectivity index (χ2n) is 7.60. The van der Waals surface area contributed by atoms with Gasteiger partial charge < -0.3 is 5.11 Å². The zero-order valence-electron chi connectivity index (χ0n) is 17.2. The molecule has 0 bridgehead atoms. The molecule has 2 aromatic rings. The third-order valence-electron chi connectivity index (χ3n) is 5.40. The third kappa shape index (κ3) is 5.34. The number of nitrogens with zero attached hydrogens (tertiary/aromatic N) is 1. The van der Waals surface area contributed by atoms with Crippen LogP contribution in [0.3, 0.4) is 0 Å². The molecule has 2 heterocycles. The lowest BCUT2D eigenvalue weighted by molar-refractivity contribution is -0.120. The summed E-state index contributed by atoms with van der Waals surface area (Å²) < 4.78 is 0. The molecule has 0 radical (unpaired) electrons. The first-order valence-electron chi connectivity index (χ1n) is 10.5. The van der Waals surface area contributed by atoms with Crippen molar-refractivity contribution >= 4 is 35.2 Å². The van der Waals surface area contributed by atoms with Gasteiger partial charge in [0.15, 0.2) is 6.29 Å². The number of hydrogen-bond donors (Lipinski definition) is 2. The average molecular weight is 429 g/mol. The Morgan fingerprint density at radius 1 is 1.13 bits per heavy atom. The molecule has 1 fully saturated rings. The van der Waals surface area contributed by atoms with Gasteiger partial charge in [0.2, 0.25) is 0 Å². The summed E-state index contributed by atoms with van der Waals surface area (Å²) in [5, 5.41) is 12.7. The number of aldehydes is 1. The number of imide groups is 1. The number of aliphatic hydroxyl groups is 1. The van der Waals surface area contributed by atoms with Crippen molar-refractivity contribution in [1.29, 1.82) is 0 Å². The number of carbonyl (C=O) groups excluding carboxylic acids is 3. The van der Waals surface area contributed by atoms with Crippen LogP contribution in [0, 0.1) is 0 Å². The van der Waals surface area contributed by atoms with Crippen molar-refractivity contribution in [2.75, 3.05) is 4.90 Å². The summed E-state index contributed by atoms with van der Waals surface area (Å²) in [6.07, 6.45) is 6.23. The summed E-state index contributed by atoms with van der Waals surface area (Å²) >= 11 is 1.45. The summed E-state index contributed by atoms with van der Waals surface area (Å²) in [4.78, 5) is 38.8. The largest absolute Gasteiger partial charge is 0.388 e. The van der Waals surface area contributed by atoms with E-state index in [9.17, 15) is 19.5 Å². The van der Waals surface area contributed by atoms with E-state index in [2.05, 4.69) is 12.2 Å². The molecule has 0 aliphatic carbocycles. The van der Waals surface area contributed by atoms with Crippen LogP contribution in [0.4, 0.5) is 10.5 Å². The van der Waals surface area contributed by atoms with Crippen LogP contribution in [-0.4, -0.2) is 29.4 Å². The van der Waals surface area contributed by atoms with Gasteiger partial charge in [-0.1, -0.05) is 38.3 Å². The molecule has 30 heavy (non-hydrogen) atoms. The predicted octanol–water partition coefficient (Wildman–Crippen LogP) is 4.62. The van der Waals surface area contributed by atoms with Gasteiger partial charge in [0.1, 0.15) is 6.04 Å². The highest BCUT2D eigenvalue weighted by Crippen LogP contribution is 2.28. The van der Waals surface area contributed by atoms with Gasteiger partial charge in [0.25, 0.3) is 5.91 Å². The zero-order valence-corrected chi connectivity index (χ0v) is 18.0. The lowest BCUT2D eigenvalue weighted by Gasteiger charge is -2.22. The molecule has 0 saturated carbocycles. The molecule has 2 unspecified atom stereocenters. The number of aryl methyl sites for hydroxylation is 1. The number of carbonyl (C=O) groups is 3. The number of urea groups is 1. The topological polar surface area (TPSA) is 86.7 Å². The smallest absolute Gasteiger partial charge is 0.329 e. The quantitative estimate of drug-likeness (QED) is 0.311. The summed E-state index contributed by atoms with van der Waals surface area (Å²) in [6.45, 7) is 2.13. The number of thiophene rings is 1. The number of amides is 3. The molecular weight excluding hydrogens is 400 g/mol. The summed E-state index contributed by atoms with van der Waals surface area (Å²) in [6, 6.07) is 9.99. The van der Waals surface area contributed by atoms with E-state index in [0.29, 0.717) is 23.4 Å². The van der Waals surface area contributed by atoms with Gasteiger partial charge in [-0.15, -0.1) is 11.3 Å². The standard InChI is InChI=1S/C23H28N2O4S/c1-2-3-4-8-21(27)16-9-11-17(12-10-16)25-20(22(28)24-23(25)29)7-5-6-18-13-14-19(15-26)30-18/h9-15,20-21,27H,2-8H2,1H3,(H,24,28,29). The van der Waals surface area contributed by atoms with Crippen LogP contribution < -0.4 is 10.2 Å². The van der Waals surface area contributed by atoms with E-state index in [0.717, 1.165) is 48.8 Å². The first-order chi connectivity index (χ1) is 14.5. The molecule has 1 aliphatic heterocycles. The van der Waals surface area contributed by atoms with Crippen molar-refractivity contribution in [3.8, 4) is 0 Å². The second kappa shape index (κ2) is 10.5. The van der Waals surface area contributed by atoms with Crippen molar-refractivity contribution < 1.29 is 19.5 Å². The molecule has 1 saturated heterocycles. The molecule has 1 aromatic heterocycles. The lowest BCUT2D eigenvalue weighted by atomic mass is 10.0. The molecule has 2 atom stereocenters. The minimum absolute atomic E-state index is 0.288. The van der Waals surface area contributed by atoms with Crippen molar-refractivity contribution in [1.82, 2.24) is 5.32 Å². The minimum Gasteiger partial charge on any atom is -0.388 e. The van der Waals surface area contributed by atoms with Gasteiger partial charge in [-0.25, -0.2) is 4.79 Å². The van der Waals surface area contributed by atoms with E-state index in [1.807, 2.05) is 18.2 Å². The molecule has 160 valence electrons. The van der Waals surface area contributed by atoms with E-state index in [1.165, 1.54) is 16.2 Å². The van der Waals surface area contributed by atoms with Crippen molar-refractivity contribution in [2.45, 2.75) is 64.0 Å². The molecular formula is C23H28N2O4S. The minimum atomic E-state index is -0.552. The summed E-state index contributed by atoms with van der Waals surface area (Å²) in [5.41, 5.74) is 1.47. The maximum Gasteiger partial charge on any atom is 0.329 e. The molecule has 7 heteroatoms. The lowest BCUT2D eigenvalue weighted by Crippen LogP contribution is -2.35. The molecule has 0 spiro atoms. The Bertz CT molecular complexity index is 878. The van der Waals surface area contributed by atoms with Crippen molar-refractivity contribution in [3.63, 3.8) is 0 Å². The predicted molar refractivity (Wildman–Crippen MR) is 118 cm³/mol. The highest BCUT2D eigenvalue weighted by molar-refractivity contribution is 7.13. The zero-order chi connectivity index (χ0) is 21.5. The monoisotopic (exact) mass is 428 g/mol. The Labute approximate surface area is 180 Å².